The van der Waals surface area contributed by atoms with E-state index in [1.807, 2.05) is 6.07 Å². The van der Waals surface area contributed by atoms with Crippen molar-refractivity contribution in [3.8, 4) is 0 Å². The highest BCUT2D eigenvalue weighted by Crippen LogP contribution is 2.47. The number of rotatable bonds is 2. The molecule has 3 rings (SSSR count). The van der Waals surface area contributed by atoms with Crippen LogP contribution in [0.15, 0.2) is 18.2 Å². The second kappa shape index (κ2) is 5.34. The van der Waals surface area contributed by atoms with Crippen LogP contribution in [-0.4, -0.2) is 13.1 Å². The van der Waals surface area contributed by atoms with Crippen LogP contribution >= 0.6 is 11.6 Å². The maximum absolute atomic E-state index is 6.15. The highest BCUT2D eigenvalue weighted by molar-refractivity contribution is 6.30. The molecule has 1 spiro atoms. The summed E-state index contributed by atoms with van der Waals surface area (Å²) in [5.41, 5.74) is 8.99. The summed E-state index contributed by atoms with van der Waals surface area (Å²) in [5.74, 6) is 0. The van der Waals surface area contributed by atoms with Crippen molar-refractivity contribution in [1.29, 1.82) is 0 Å². The van der Waals surface area contributed by atoms with Crippen LogP contribution in [0, 0.1) is 5.41 Å². The van der Waals surface area contributed by atoms with E-state index in [-0.39, 0.29) is 0 Å². The maximum Gasteiger partial charge on any atom is 0.0426 e. The molecule has 1 aromatic rings. The van der Waals surface area contributed by atoms with Crippen LogP contribution in [0.2, 0.25) is 5.02 Å². The number of piperidine rings is 1. The van der Waals surface area contributed by atoms with Crippen LogP contribution in [0.1, 0.15) is 44.1 Å². The molecule has 1 saturated carbocycles. The standard InChI is InChI=1S/C16H23ClN2/c17-14-4-3-13(12-18)15(11-14)19-9-7-16(8-10-19)5-1-2-6-16/h3-4,11H,1-2,5-10,12,18H2. The molecule has 0 unspecified atom stereocenters. The van der Waals surface area contributed by atoms with Gasteiger partial charge in [-0.25, -0.2) is 0 Å². The van der Waals surface area contributed by atoms with Gasteiger partial charge >= 0.3 is 0 Å². The fourth-order valence-electron chi connectivity index (χ4n) is 3.85. The lowest BCUT2D eigenvalue weighted by Crippen LogP contribution is -2.39. The molecule has 1 saturated heterocycles. The minimum absolute atomic E-state index is 0.591. The van der Waals surface area contributed by atoms with Crippen LogP contribution in [0.5, 0.6) is 0 Å². The van der Waals surface area contributed by atoms with Gasteiger partial charge in [-0.15, -0.1) is 0 Å². The van der Waals surface area contributed by atoms with Crippen LogP contribution in [0.3, 0.4) is 0 Å². The van der Waals surface area contributed by atoms with Crippen molar-refractivity contribution < 1.29 is 0 Å². The smallest absolute Gasteiger partial charge is 0.0426 e. The lowest BCUT2D eigenvalue weighted by molar-refractivity contribution is 0.226. The summed E-state index contributed by atoms with van der Waals surface area (Å²) >= 11 is 6.15. The predicted molar refractivity (Wildman–Crippen MR) is 81.7 cm³/mol. The molecule has 2 nitrogen and oxygen atoms in total. The molecule has 1 heterocycles. The molecule has 2 aliphatic rings. The van der Waals surface area contributed by atoms with Crippen molar-refractivity contribution in [2.45, 2.75) is 45.1 Å². The summed E-state index contributed by atoms with van der Waals surface area (Å²) in [5, 5.41) is 0.813. The van der Waals surface area contributed by atoms with Gasteiger partial charge in [0.1, 0.15) is 0 Å². The number of nitrogens with two attached hydrogens (primary N) is 1. The van der Waals surface area contributed by atoms with E-state index in [2.05, 4.69) is 17.0 Å². The molecule has 0 bridgehead atoms. The number of benzene rings is 1. The molecular weight excluding hydrogens is 256 g/mol. The van der Waals surface area contributed by atoms with Crippen molar-refractivity contribution >= 4 is 17.3 Å². The Balaban J connectivity index is 1.76. The predicted octanol–water partition coefficient (Wildman–Crippen LogP) is 3.96. The van der Waals surface area contributed by atoms with Gasteiger partial charge in [-0.1, -0.05) is 30.5 Å². The van der Waals surface area contributed by atoms with Gasteiger partial charge in [0.2, 0.25) is 0 Å². The van der Waals surface area contributed by atoms with Gasteiger partial charge in [0.25, 0.3) is 0 Å². The fraction of sp³-hybridized carbons (Fsp3) is 0.625. The Labute approximate surface area is 120 Å². The molecule has 1 aromatic carbocycles. The summed E-state index contributed by atoms with van der Waals surface area (Å²) in [7, 11) is 0. The van der Waals surface area contributed by atoms with Gasteiger partial charge in [0.05, 0.1) is 0 Å². The zero-order valence-electron chi connectivity index (χ0n) is 11.5. The topological polar surface area (TPSA) is 29.3 Å². The molecular formula is C16H23ClN2. The Bertz CT molecular complexity index is 442. The molecule has 2 N–H and O–H groups in total. The summed E-state index contributed by atoms with van der Waals surface area (Å²) in [6, 6.07) is 6.09. The Morgan fingerprint density at radius 3 is 2.42 bits per heavy atom. The normalized spacial score (nSPS) is 22.1. The van der Waals surface area contributed by atoms with Gasteiger partial charge in [-0.3, -0.25) is 0 Å². The van der Waals surface area contributed by atoms with E-state index in [4.69, 9.17) is 17.3 Å². The quantitative estimate of drug-likeness (QED) is 0.887. The third-order valence-electron chi connectivity index (χ3n) is 5.10. The van der Waals surface area contributed by atoms with E-state index < -0.39 is 0 Å². The fourth-order valence-corrected chi connectivity index (χ4v) is 4.02. The van der Waals surface area contributed by atoms with Crippen molar-refractivity contribution in [2.75, 3.05) is 18.0 Å². The summed E-state index contributed by atoms with van der Waals surface area (Å²) in [4.78, 5) is 2.48. The van der Waals surface area contributed by atoms with Gasteiger partial charge < -0.3 is 10.6 Å². The van der Waals surface area contributed by atoms with Crippen molar-refractivity contribution in [3.63, 3.8) is 0 Å². The summed E-state index contributed by atoms with van der Waals surface area (Å²) in [6.45, 7) is 2.91. The molecule has 0 aromatic heterocycles. The SMILES string of the molecule is NCc1ccc(Cl)cc1N1CCC2(CCCC2)CC1. The van der Waals surface area contributed by atoms with Crippen LogP contribution in [0.4, 0.5) is 5.69 Å². The molecule has 0 atom stereocenters. The van der Waals surface area contributed by atoms with Crippen LogP contribution < -0.4 is 10.6 Å². The molecule has 3 heteroatoms. The minimum atomic E-state index is 0.591. The number of halogens is 1. The Morgan fingerprint density at radius 2 is 1.79 bits per heavy atom. The molecule has 1 aliphatic heterocycles. The third kappa shape index (κ3) is 2.61. The Kier molecular flexibility index (Phi) is 3.72. The highest BCUT2D eigenvalue weighted by Gasteiger charge is 2.37. The third-order valence-corrected chi connectivity index (χ3v) is 5.33. The van der Waals surface area contributed by atoms with E-state index >= 15 is 0 Å². The second-order valence-electron chi connectivity index (χ2n) is 6.17. The Hall–Kier alpha value is -0.730. The molecule has 0 amide bonds. The van der Waals surface area contributed by atoms with E-state index in [9.17, 15) is 0 Å². The minimum Gasteiger partial charge on any atom is -0.371 e. The molecule has 104 valence electrons. The molecule has 0 radical (unpaired) electrons. The number of hydrogen-bond acceptors (Lipinski definition) is 2. The van der Waals surface area contributed by atoms with Crippen LogP contribution in [-0.2, 0) is 6.54 Å². The Morgan fingerprint density at radius 1 is 1.11 bits per heavy atom. The first-order valence-corrected chi connectivity index (χ1v) is 7.84. The zero-order chi connectivity index (χ0) is 13.3. The molecule has 19 heavy (non-hydrogen) atoms. The van der Waals surface area contributed by atoms with E-state index in [1.54, 1.807) is 0 Å². The largest absolute Gasteiger partial charge is 0.371 e. The van der Waals surface area contributed by atoms with E-state index in [0.29, 0.717) is 12.0 Å². The maximum atomic E-state index is 6.15. The number of nitrogens with zero attached hydrogens (tertiary/aromatic N) is 1. The zero-order valence-corrected chi connectivity index (χ0v) is 12.3. The van der Waals surface area contributed by atoms with Gasteiger partial charge in [-0.05, 0) is 48.8 Å². The van der Waals surface area contributed by atoms with Gasteiger partial charge in [0.15, 0.2) is 0 Å². The van der Waals surface area contributed by atoms with Gasteiger partial charge in [0, 0.05) is 30.3 Å². The molecule has 1 aliphatic carbocycles. The number of anilines is 1. The first-order chi connectivity index (χ1) is 9.22. The van der Waals surface area contributed by atoms with Crippen molar-refractivity contribution in [2.24, 2.45) is 11.1 Å². The van der Waals surface area contributed by atoms with Crippen molar-refractivity contribution in [1.82, 2.24) is 0 Å². The molecule has 2 fully saturated rings. The lowest BCUT2D eigenvalue weighted by Gasteiger charge is -2.41. The van der Waals surface area contributed by atoms with E-state index in [0.717, 1.165) is 18.1 Å². The van der Waals surface area contributed by atoms with Crippen LogP contribution in [0.25, 0.3) is 0 Å². The first kappa shape index (κ1) is 13.3. The lowest BCUT2D eigenvalue weighted by atomic mass is 9.77. The average Bonchev–Trinajstić information content (AvgIpc) is 2.88. The first-order valence-electron chi connectivity index (χ1n) is 7.46. The van der Waals surface area contributed by atoms with Gasteiger partial charge in [-0.2, -0.15) is 0 Å². The highest BCUT2D eigenvalue weighted by atomic mass is 35.5. The number of hydrogen-bond donors (Lipinski definition) is 1. The monoisotopic (exact) mass is 278 g/mol. The summed E-state index contributed by atoms with van der Waals surface area (Å²) in [6.07, 6.45) is 8.43. The van der Waals surface area contributed by atoms with Crippen molar-refractivity contribution in [3.05, 3.63) is 28.8 Å². The van der Waals surface area contributed by atoms with E-state index in [1.165, 1.54) is 49.8 Å². The second-order valence-corrected chi connectivity index (χ2v) is 6.61. The summed E-state index contributed by atoms with van der Waals surface area (Å²) < 4.78 is 0. The average molecular weight is 279 g/mol.